The summed E-state index contributed by atoms with van der Waals surface area (Å²) in [6.07, 6.45) is 6.83. The van der Waals surface area contributed by atoms with Gasteiger partial charge < -0.3 is 14.8 Å². The number of rotatable bonds is 5. The van der Waals surface area contributed by atoms with Crippen LogP contribution in [0.5, 0.6) is 11.5 Å². The number of nitrogens with one attached hydrogen (secondary N) is 1. The summed E-state index contributed by atoms with van der Waals surface area (Å²) in [5, 5.41) is 3.62. The van der Waals surface area contributed by atoms with Crippen molar-refractivity contribution in [2.75, 3.05) is 20.8 Å². The Kier molecular flexibility index (Phi) is 4.59. The van der Waals surface area contributed by atoms with Crippen molar-refractivity contribution >= 4 is 0 Å². The first-order valence-electron chi connectivity index (χ1n) is 7.69. The van der Waals surface area contributed by atoms with E-state index in [1.165, 1.54) is 16.7 Å². The summed E-state index contributed by atoms with van der Waals surface area (Å²) in [7, 11) is 3.37. The third-order valence-electron chi connectivity index (χ3n) is 4.28. The maximum Gasteiger partial charge on any atom is 0.161 e. The highest BCUT2D eigenvalue weighted by Gasteiger charge is 2.22. The van der Waals surface area contributed by atoms with Crippen molar-refractivity contribution in [1.29, 1.82) is 0 Å². The number of hydrogen-bond donors (Lipinski definition) is 1. The Bertz CT molecular complexity index is 628. The van der Waals surface area contributed by atoms with Gasteiger partial charge in [-0.1, -0.05) is 0 Å². The van der Waals surface area contributed by atoms with E-state index in [2.05, 4.69) is 34.6 Å². The van der Waals surface area contributed by atoms with Crippen LogP contribution in [0.1, 0.15) is 29.2 Å². The molecule has 4 nitrogen and oxygen atoms in total. The van der Waals surface area contributed by atoms with Gasteiger partial charge in [-0.3, -0.25) is 4.98 Å². The predicted octanol–water partition coefficient (Wildman–Crippen LogP) is 2.92. The van der Waals surface area contributed by atoms with Gasteiger partial charge >= 0.3 is 0 Å². The molecule has 22 heavy (non-hydrogen) atoms. The molecule has 0 bridgehead atoms. The van der Waals surface area contributed by atoms with Gasteiger partial charge in [0.15, 0.2) is 11.5 Å². The minimum atomic E-state index is 0.358. The molecular weight excluding hydrogens is 276 g/mol. The number of nitrogens with zero attached hydrogens (tertiary/aromatic N) is 1. The van der Waals surface area contributed by atoms with Crippen molar-refractivity contribution in [3.05, 3.63) is 53.3 Å². The van der Waals surface area contributed by atoms with E-state index in [0.717, 1.165) is 37.3 Å². The molecule has 1 aromatic carbocycles. The Balaban J connectivity index is 1.81. The second-order valence-corrected chi connectivity index (χ2v) is 5.56. The van der Waals surface area contributed by atoms with Gasteiger partial charge in [-0.05, 0) is 66.8 Å². The fourth-order valence-electron chi connectivity index (χ4n) is 3.09. The van der Waals surface area contributed by atoms with Crippen molar-refractivity contribution in [2.24, 2.45) is 0 Å². The zero-order valence-corrected chi connectivity index (χ0v) is 13.1. The van der Waals surface area contributed by atoms with Gasteiger partial charge in [0.2, 0.25) is 0 Å². The van der Waals surface area contributed by atoms with Crippen LogP contribution < -0.4 is 14.8 Å². The predicted molar refractivity (Wildman–Crippen MR) is 86.6 cm³/mol. The fourth-order valence-corrected chi connectivity index (χ4v) is 3.09. The lowest BCUT2D eigenvalue weighted by molar-refractivity contribution is 0.351. The van der Waals surface area contributed by atoms with Gasteiger partial charge in [0.05, 0.1) is 14.2 Å². The first-order valence-corrected chi connectivity index (χ1v) is 7.69. The van der Waals surface area contributed by atoms with Crippen LogP contribution in [0.3, 0.4) is 0 Å². The lowest BCUT2D eigenvalue weighted by atomic mass is 9.90. The standard InChI is InChI=1S/C18H22N2O2/c1-21-17-11-14-7-10-20-16(15(14)12-18(17)22-2)4-3-13-5-8-19-9-6-13/h5-6,8-9,11-12,16,20H,3-4,7,10H2,1-2H3. The van der Waals surface area contributed by atoms with Gasteiger partial charge in [0.25, 0.3) is 0 Å². The lowest BCUT2D eigenvalue weighted by Gasteiger charge is -2.28. The molecule has 0 saturated carbocycles. The Hall–Kier alpha value is -2.07. The summed E-state index contributed by atoms with van der Waals surface area (Å²) in [5.41, 5.74) is 4.01. The van der Waals surface area contributed by atoms with Crippen molar-refractivity contribution in [3.8, 4) is 11.5 Å². The number of benzene rings is 1. The van der Waals surface area contributed by atoms with E-state index >= 15 is 0 Å². The zero-order chi connectivity index (χ0) is 15.4. The first kappa shape index (κ1) is 14.9. The average molecular weight is 298 g/mol. The molecule has 0 spiro atoms. The molecule has 1 N–H and O–H groups in total. The molecule has 4 heteroatoms. The number of hydrogen-bond acceptors (Lipinski definition) is 4. The quantitative estimate of drug-likeness (QED) is 0.922. The number of aromatic nitrogens is 1. The molecule has 1 atom stereocenters. The third kappa shape index (κ3) is 3.07. The lowest BCUT2D eigenvalue weighted by Crippen LogP contribution is -2.30. The summed E-state index contributed by atoms with van der Waals surface area (Å²) in [5.74, 6) is 1.62. The van der Waals surface area contributed by atoms with Crippen LogP contribution in [0.2, 0.25) is 0 Å². The van der Waals surface area contributed by atoms with Crippen LogP contribution >= 0.6 is 0 Å². The summed E-state index contributed by atoms with van der Waals surface area (Å²) in [6, 6.07) is 8.76. The molecule has 116 valence electrons. The molecule has 0 radical (unpaired) electrons. The van der Waals surface area contributed by atoms with E-state index in [-0.39, 0.29) is 0 Å². The highest BCUT2D eigenvalue weighted by atomic mass is 16.5. The number of aryl methyl sites for hydroxylation is 1. The summed E-state index contributed by atoms with van der Waals surface area (Å²) in [6.45, 7) is 1.00. The summed E-state index contributed by atoms with van der Waals surface area (Å²) < 4.78 is 10.9. The van der Waals surface area contributed by atoms with Gasteiger partial charge in [0, 0.05) is 18.4 Å². The molecule has 0 fully saturated rings. The second-order valence-electron chi connectivity index (χ2n) is 5.56. The van der Waals surface area contributed by atoms with E-state index < -0.39 is 0 Å². The molecule has 1 aliphatic heterocycles. The van der Waals surface area contributed by atoms with Crippen molar-refractivity contribution in [2.45, 2.75) is 25.3 Å². The fraction of sp³-hybridized carbons (Fsp3) is 0.389. The highest BCUT2D eigenvalue weighted by molar-refractivity contribution is 5.49. The second kappa shape index (κ2) is 6.79. The molecule has 3 rings (SSSR count). The normalized spacial score (nSPS) is 16.9. The topological polar surface area (TPSA) is 43.4 Å². The van der Waals surface area contributed by atoms with Gasteiger partial charge in [-0.15, -0.1) is 0 Å². The molecular formula is C18H22N2O2. The first-order chi connectivity index (χ1) is 10.8. The average Bonchev–Trinajstić information content (AvgIpc) is 2.59. The number of ether oxygens (including phenoxy) is 2. The van der Waals surface area contributed by atoms with E-state index in [1.807, 2.05) is 12.4 Å². The van der Waals surface area contributed by atoms with Crippen LogP contribution in [0.4, 0.5) is 0 Å². The summed E-state index contributed by atoms with van der Waals surface area (Å²) >= 11 is 0. The Morgan fingerprint density at radius 1 is 1.14 bits per heavy atom. The number of fused-ring (bicyclic) bond motifs is 1. The van der Waals surface area contributed by atoms with Gasteiger partial charge in [0.1, 0.15) is 0 Å². The Morgan fingerprint density at radius 3 is 2.59 bits per heavy atom. The van der Waals surface area contributed by atoms with Crippen molar-refractivity contribution < 1.29 is 9.47 Å². The molecule has 0 saturated heterocycles. The maximum atomic E-state index is 5.45. The molecule has 0 amide bonds. The molecule has 1 unspecified atom stereocenters. The smallest absolute Gasteiger partial charge is 0.161 e. The van der Waals surface area contributed by atoms with Crippen LogP contribution in [0, 0.1) is 0 Å². The van der Waals surface area contributed by atoms with Crippen LogP contribution in [-0.4, -0.2) is 25.7 Å². The van der Waals surface area contributed by atoms with Crippen molar-refractivity contribution in [1.82, 2.24) is 10.3 Å². The molecule has 2 heterocycles. The Morgan fingerprint density at radius 2 is 1.86 bits per heavy atom. The minimum Gasteiger partial charge on any atom is -0.493 e. The molecule has 1 aromatic heterocycles. The molecule has 1 aliphatic rings. The van der Waals surface area contributed by atoms with E-state index in [4.69, 9.17) is 9.47 Å². The van der Waals surface area contributed by atoms with Crippen LogP contribution in [-0.2, 0) is 12.8 Å². The number of methoxy groups -OCH3 is 2. The molecule has 0 aliphatic carbocycles. The third-order valence-corrected chi connectivity index (χ3v) is 4.28. The highest BCUT2D eigenvalue weighted by Crippen LogP contribution is 2.36. The SMILES string of the molecule is COc1cc2c(cc1OC)C(CCc1ccncc1)NCC2. The zero-order valence-electron chi connectivity index (χ0n) is 13.1. The monoisotopic (exact) mass is 298 g/mol. The molecule has 2 aromatic rings. The maximum absolute atomic E-state index is 5.45. The van der Waals surface area contributed by atoms with E-state index in [9.17, 15) is 0 Å². The largest absolute Gasteiger partial charge is 0.493 e. The van der Waals surface area contributed by atoms with Crippen LogP contribution in [0.15, 0.2) is 36.7 Å². The van der Waals surface area contributed by atoms with Crippen LogP contribution in [0.25, 0.3) is 0 Å². The minimum absolute atomic E-state index is 0.358. The van der Waals surface area contributed by atoms with Gasteiger partial charge in [-0.25, -0.2) is 0 Å². The Labute approximate surface area is 131 Å². The van der Waals surface area contributed by atoms with E-state index in [1.54, 1.807) is 14.2 Å². The van der Waals surface area contributed by atoms with Gasteiger partial charge in [-0.2, -0.15) is 0 Å². The number of pyridine rings is 1. The van der Waals surface area contributed by atoms with E-state index in [0.29, 0.717) is 6.04 Å². The van der Waals surface area contributed by atoms with Crippen molar-refractivity contribution in [3.63, 3.8) is 0 Å². The summed E-state index contributed by atoms with van der Waals surface area (Å²) in [4.78, 5) is 4.07.